The van der Waals surface area contributed by atoms with Crippen LogP contribution in [-0.2, 0) is 22.7 Å². The summed E-state index contributed by atoms with van der Waals surface area (Å²) in [5.41, 5.74) is -0.524. The Morgan fingerprint density at radius 3 is 2.31 bits per heavy atom. The van der Waals surface area contributed by atoms with Crippen molar-refractivity contribution in [1.29, 1.82) is 0 Å². The van der Waals surface area contributed by atoms with Crippen molar-refractivity contribution in [1.82, 2.24) is 9.13 Å². The Balaban J connectivity index is 2.50. The third kappa shape index (κ3) is 3.04. The molecule has 0 atom stereocenters. The molecule has 2 aromatic heterocycles. The zero-order chi connectivity index (χ0) is 19.0. The minimum atomic E-state index is -1.23. The van der Waals surface area contributed by atoms with Crippen molar-refractivity contribution in [2.75, 3.05) is 0 Å². The summed E-state index contributed by atoms with van der Waals surface area (Å²) < 4.78 is 2.27. The van der Waals surface area contributed by atoms with Gasteiger partial charge in [-0.1, -0.05) is 41.8 Å². The molecule has 1 aromatic carbocycles. The van der Waals surface area contributed by atoms with Gasteiger partial charge in [-0.3, -0.25) is 28.3 Å². The van der Waals surface area contributed by atoms with E-state index in [1.807, 2.05) is 0 Å². The number of pyridine rings is 1. The molecule has 0 saturated heterocycles. The molecule has 0 aliphatic carbocycles. The minimum Gasteiger partial charge on any atom is -0.481 e. The second kappa shape index (κ2) is 6.81. The number of hydrogen-bond donors (Lipinski definition) is 2. The number of hydrogen-bond acceptors (Lipinski definition) is 6. The maximum absolute atomic E-state index is 12.7. The van der Waals surface area contributed by atoms with Crippen LogP contribution in [0, 0.1) is 4.64 Å². The molecule has 134 valence electrons. The molecule has 26 heavy (non-hydrogen) atoms. The molecular formula is C16H12N2O6S2. The Labute approximate surface area is 154 Å². The number of nitrogens with zero attached hydrogens (tertiary/aromatic N) is 2. The highest BCUT2D eigenvalue weighted by atomic mass is 32.1. The van der Waals surface area contributed by atoms with Gasteiger partial charge in [0.1, 0.15) is 16.0 Å². The lowest BCUT2D eigenvalue weighted by Crippen LogP contribution is -2.27. The molecule has 10 heteroatoms. The highest BCUT2D eigenvalue weighted by Gasteiger charge is 2.17. The van der Waals surface area contributed by atoms with Crippen molar-refractivity contribution in [2.24, 2.45) is 0 Å². The molecule has 3 rings (SSSR count). The van der Waals surface area contributed by atoms with E-state index in [9.17, 15) is 19.2 Å². The predicted molar refractivity (Wildman–Crippen MR) is 98.6 cm³/mol. The van der Waals surface area contributed by atoms with E-state index in [0.717, 1.165) is 4.57 Å². The Morgan fingerprint density at radius 2 is 1.69 bits per heavy atom. The summed E-state index contributed by atoms with van der Waals surface area (Å²) in [5.74, 6) is -2.30. The molecule has 3 aromatic rings. The third-order valence-electron chi connectivity index (χ3n) is 3.84. The molecule has 2 N–H and O–H groups in total. The number of fused-ring (bicyclic) bond motifs is 3. The first-order valence-electron chi connectivity index (χ1n) is 7.44. The molecule has 0 aliphatic rings. The molecule has 0 saturated carbocycles. The van der Waals surface area contributed by atoms with E-state index in [1.165, 1.54) is 4.57 Å². The zero-order valence-electron chi connectivity index (χ0n) is 13.2. The summed E-state index contributed by atoms with van der Waals surface area (Å²) >= 11 is 6.07. The van der Waals surface area contributed by atoms with Crippen LogP contribution in [-0.4, -0.2) is 31.3 Å². The summed E-state index contributed by atoms with van der Waals surface area (Å²) in [6, 6.07) is 6.57. The van der Waals surface area contributed by atoms with Gasteiger partial charge < -0.3 is 10.2 Å². The van der Waals surface area contributed by atoms with Crippen molar-refractivity contribution in [3.8, 4) is 0 Å². The fraction of sp³-hybridized carbons (Fsp3) is 0.188. The average molecular weight is 392 g/mol. The number of aromatic nitrogens is 2. The van der Waals surface area contributed by atoms with Gasteiger partial charge in [-0.05, 0) is 6.07 Å². The normalized spacial score (nSPS) is 11.1. The molecule has 0 amide bonds. The Hall–Kier alpha value is -2.85. The number of carboxylic acids is 2. The van der Waals surface area contributed by atoms with Gasteiger partial charge in [-0.2, -0.15) is 0 Å². The molecule has 0 aliphatic heterocycles. The van der Waals surface area contributed by atoms with Gasteiger partial charge in [0.05, 0.1) is 11.8 Å². The Kier molecular flexibility index (Phi) is 4.70. The lowest BCUT2D eigenvalue weighted by atomic mass is 10.1. The van der Waals surface area contributed by atoms with Crippen LogP contribution in [0.5, 0.6) is 0 Å². The second-order valence-corrected chi connectivity index (χ2v) is 6.81. The van der Waals surface area contributed by atoms with E-state index < -0.39 is 28.9 Å². The summed E-state index contributed by atoms with van der Waals surface area (Å²) in [4.78, 5) is 46.7. The molecule has 8 nitrogen and oxygen atoms in total. The van der Waals surface area contributed by atoms with Crippen molar-refractivity contribution < 1.29 is 19.8 Å². The molecule has 0 radical (unpaired) electrons. The number of carbonyl (C=O) groups is 2. The van der Waals surface area contributed by atoms with Crippen molar-refractivity contribution in [3.63, 3.8) is 0 Å². The topological polar surface area (TPSA) is 119 Å². The van der Waals surface area contributed by atoms with Crippen LogP contribution in [0.25, 0.3) is 21.0 Å². The smallest absolute Gasteiger partial charge is 0.323 e. The van der Waals surface area contributed by atoms with Gasteiger partial charge in [0.15, 0.2) is 0 Å². The van der Waals surface area contributed by atoms with Crippen molar-refractivity contribution in [2.45, 2.75) is 19.5 Å². The van der Waals surface area contributed by atoms with E-state index in [4.69, 9.17) is 22.4 Å². The number of benzene rings is 1. The lowest BCUT2D eigenvalue weighted by Gasteiger charge is -2.13. The van der Waals surface area contributed by atoms with Gasteiger partial charge in [-0.15, -0.1) is 0 Å². The number of rotatable bonds is 5. The third-order valence-corrected chi connectivity index (χ3v) is 5.27. The summed E-state index contributed by atoms with van der Waals surface area (Å²) in [5, 5.41) is 19.2. The molecule has 0 bridgehead atoms. The monoisotopic (exact) mass is 392 g/mol. The Morgan fingerprint density at radius 1 is 1.04 bits per heavy atom. The van der Waals surface area contributed by atoms with Gasteiger partial charge in [-0.25, -0.2) is 0 Å². The van der Waals surface area contributed by atoms with E-state index in [2.05, 4.69) is 0 Å². The van der Waals surface area contributed by atoms with E-state index in [0.29, 0.717) is 22.1 Å². The summed E-state index contributed by atoms with van der Waals surface area (Å²) in [7, 11) is 0. The maximum atomic E-state index is 12.7. The maximum Gasteiger partial charge on any atom is 0.323 e. The fourth-order valence-electron chi connectivity index (χ4n) is 2.72. The van der Waals surface area contributed by atoms with Crippen LogP contribution < -0.4 is 10.4 Å². The van der Waals surface area contributed by atoms with Crippen molar-refractivity contribution in [3.05, 3.63) is 48.9 Å². The number of carboxylic acid groups (broad SMARTS) is 2. The highest BCUT2D eigenvalue weighted by molar-refractivity contribution is 7.71. The van der Waals surface area contributed by atoms with Gasteiger partial charge in [0.2, 0.25) is 0 Å². The standard InChI is InChI=1S/C16H12N2O6S2/c19-10(20)5-6-17-14(25)12-8-3-1-2-4-9(8)13(23)18(7-11(21)22)15(12)26-16(17)24/h1-4H,5-7H2,(H,19,20)(H,21,22). The first-order valence-corrected chi connectivity index (χ1v) is 8.66. The van der Waals surface area contributed by atoms with Crippen LogP contribution in [0.3, 0.4) is 0 Å². The first kappa shape index (κ1) is 18.0. The van der Waals surface area contributed by atoms with Crippen LogP contribution in [0.15, 0.2) is 33.9 Å². The molecule has 0 spiro atoms. The first-order chi connectivity index (χ1) is 12.3. The number of aliphatic carboxylic acids is 2. The van der Waals surface area contributed by atoms with E-state index in [-0.39, 0.29) is 27.8 Å². The second-order valence-electron chi connectivity index (χ2n) is 5.48. The molecule has 0 unspecified atom stereocenters. The Bertz CT molecular complexity index is 1240. The quantitative estimate of drug-likeness (QED) is 0.501. The lowest BCUT2D eigenvalue weighted by molar-refractivity contribution is -0.138. The summed E-state index contributed by atoms with van der Waals surface area (Å²) in [6.07, 6.45) is -0.283. The van der Waals surface area contributed by atoms with Crippen LogP contribution in [0.4, 0.5) is 0 Å². The molecule has 2 heterocycles. The molecular weight excluding hydrogens is 380 g/mol. The SMILES string of the molecule is O=C(O)CCn1c(=O)sc2c(c1=S)c1ccccc1c(=O)n2CC(=O)O. The van der Waals surface area contributed by atoms with Crippen LogP contribution in [0.2, 0.25) is 0 Å². The largest absolute Gasteiger partial charge is 0.481 e. The van der Waals surface area contributed by atoms with Crippen LogP contribution >= 0.6 is 23.6 Å². The van der Waals surface area contributed by atoms with Gasteiger partial charge in [0, 0.05) is 17.3 Å². The fourth-order valence-corrected chi connectivity index (χ4v) is 4.25. The van der Waals surface area contributed by atoms with E-state index in [1.54, 1.807) is 24.3 Å². The zero-order valence-corrected chi connectivity index (χ0v) is 14.8. The minimum absolute atomic E-state index is 0.0836. The summed E-state index contributed by atoms with van der Waals surface area (Å²) in [6.45, 7) is -0.712. The highest BCUT2D eigenvalue weighted by Crippen LogP contribution is 2.25. The van der Waals surface area contributed by atoms with Gasteiger partial charge in [0.25, 0.3) is 5.56 Å². The predicted octanol–water partition coefficient (Wildman–Crippen LogP) is 1.67. The van der Waals surface area contributed by atoms with Gasteiger partial charge >= 0.3 is 16.8 Å². The average Bonchev–Trinajstić information content (AvgIpc) is 2.57. The van der Waals surface area contributed by atoms with Crippen LogP contribution in [0.1, 0.15) is 6.42 Å². The molecule has 0 fully saturated rings. The van der Waals surface area contributed by atoms with E-state index >= 15 is 0 Å². The van der Waals surface area contributed by atoms with Crippen molar-refractivity contribution >= 4 is 56.5 Å².